The van der Waals surface area contributed by atoms with Crippen LogP contribution in [0.3, 0.4) is 0 Å². The molecule has 1 aliphatic carbocycles. The summed E-state index contributed by atoms with van der Waals surface area (Å²) >= 11 is 0. The maximum atomic E-state index is 11.8. The van der Waals surface area contributed by atoms with E-state index in [9.17, 15) is 4.79 Å². The van der Waals surface area contributed by atoms with Crippen LogP contribution in [0.1, 0.15) is 37.3 Å². The molecule has 2 rings (SSSR count). The molecule has 1 amide bonds. The molecule has 0 atom stereocenters. The molecule has 0 bridgehead atoms. The summed E-state index contributed by atoms with van der Waals surface area (Å²) in [4.78, 5) is 15.8. The first-order chi connectivity index (χ1) is 8.13. The first kappa shape index (κ1) is 12.1. The quantitative estimate of drug-likeness (QED) is 0.804. The number of nitrogens with one attached hydrogen (secondary N) is 1. The van der Waals surface area contributed by atoms with Crippen molar-refractivity contribution in [1.29, 1.82) is 0 Å². The van der Waals surface area contributed by atoms with Crippen LogP contribution >= 0.6 is 0 Å². The third-order valence-electron chi connectivity index (χ3n) is 3.49. The number of amides is 1. The van der Waals surface area contributed by atoms with Gasteiger partial charge in [0.15, 0.2) is 0 Å². The van der Waals surface area contributed by atoms with Crippen LogP contribution in [-0.4, -0.2) is 17.4 Å². The SMILES string of the molecule is Cc1cnc(CNC(=O)CC2(CN)CCC2)o1. The summed E-state index contributed by atoms with van der Waals surface area (Å²) in [7, 11) is 0. The molecule has 1 fully saturated rings. The highest BCUT2D eigenvalue weighted by Crippen LogP contribution is 2.42. The van der Waals surface area contributed by atoms with Gasteiger partial charge in [0.25, 0.3) is 0 Å². The number of carbonyl (C=O) groups excluding carboxylic acids is 1. The van der Waals surface area contributed by atoms with Crippen molar-refractivity contribution in [3.05, 3.63) is 17.8 Å². The van der Waals surface area contributed by atoms with E-state index in [-0.39, 0.29) is 11.3 Å². The van der Waals surface area contributed by atoms with Crippen LogP contribution in [0.15, 0.2) is 10.6 Å². The van der Waals surface area contributed by atoms with Gasteiger partial charge in [-0.2, -0.15) is 0 Å². The Morgan fingerprint density at radius 2 is 2.41 bits per heavy atom. The summed E-state index contributed by atoms with van der Waals surface area (Å²) < 4.78 is 5.28. The van der Waals surface area contributed by atoms with E-state index >= 15 is 0 Å². The molecule has 1 heterocycles. The first-order valence-corrected chi connectivity index (χ1v) is 6.02. The third-order valence-corrected chi connectivity index (χ3v) is 3.49. The molecule has 5 nitrogen and oxygen atoms in total. The zero-order valence-corrected chi connectivity index (χ0v) is 10.2. The molecule has 1 saturated carbocycles. The van der Waals surface area contributed by atoms with Gasteiger partial charge in [0.05, 0.1) is 12.7 Å². The van der Waals surface area contributed by atoms with Crippen molar-refractivity contribution in [3.8, 4) is 0 Å². The summed E-state index contributed by atoms with van der Waals surface area (Å²) in [5.74, 6) is 1.34. The fourth-order valence-corrected chi connectivity index (χ4v) is 2.19. The van der Waals surface area contributed by atoms with Crippen LogP contribution in [0.2, 0.25) is 0 Å². The van der Waals surface area contributed by atoms with Crippen LogP contribution < -0.4 is 11.1 Å². The summed E-state index contributed by atoms with van der Waals surface area (Å²) in [5, 5.41) is 2.82. The Morgan fingerprint density at radius 1 is 1.65 bits per heavy atom. The van der Waals surface area contributed by atoms with E-state index in [1.807, 2.05) is 6.92 Å². The van der Waals surface area contributed by atoms with Crippen LogP contribution in [-0.2, 0) is 11.3 Å². The average Bonchev–Trinajstić information content (AvgIpc) is 2.67. The Labute approximate surface area is 101 Å². The highest BCUT2D eigenvalue weighted by Gasteiger charge is 2.37. The maximum Gasteiger partial charge on any atom is 0.221 e. The molecule has 0 saturated heterocycles. The molecule has 1 aromatic rings. The van der Waals surface area contributed by atoms with Gasteiger partial charge in [-0.05, 0) is 31.7 Å². The summed E-state index contributed by atoms with van der Waals surface area (Å²) in [5.41, 5.74) is 5.77. The predicted molar refractivity (Wildman–Crippen MR) is 63.0 cm³/mol. The second kappa shape index (κ2) is 4.87. The van der Waals surface area contributed by atoms with E-state index in [4.69, 9.17) is 10.2 Å². The Balaban J connectivity index is 1.77. The van der Waals surface area contributed by atoms with E-state index in [0.717, 1.165) is 18.6 Å². The van der Waals surface area contributed by atoms with Crippen molar-refractivity contribution in [2.24, 2.45) is 11.1 Å². The van der Waals surface area contributed by atoms with E-state index in [2.05, 4.69) is 10.3 Å². The second-order valence-corrected chi connectivity index (χ2v) is 4.88. The van der Waals surface area contributed by atoms with Crippen LogP contribution in [0.4, 0.5) is 0 Å². The topological polar surface area (TPSA) is 81.2 Å². The van der Waals surface area contributed by atoms with Gasteiger partial charge in [-0.15, -0.1) is 0 Å². The number of hydrogen-bond acceptors (Lipinski definition) is 4. The van der Waals surface area contributed by atoms with Crippen LogP contribution in [0, 0.1) is 12.3 Å². The third kappa shape index (κ3) is 2.85. The maximum absolute atomic E-state index is 11.8. The number of aryl methyl sites for hydroxylation is 1. The molecule has 1 aliphatic rings. The van der Waals surface area contributed by atoms with Gasteiger partial charge in [0.1, 0.15) is 5.76 Å². The molecule has 0 spiro atoms. The highest BCUT2D eigenvalue weighted by molar-refractivity contribution is 5.76. The Hall–Kier alpha value is -1.36. The van der Waals surface area contributed by atoms with Gasteiger partial charge < -0.3 is 15.5 Å². The smallest absolute Gasteiger partial charge is 0.221 e. The molecule has 0 unspecified atom stereocenters. The van der Waals surface area contributed by atoms with E-state index in [1.54, 1.807) is 6.20 Å². The van der Waals surface area contributed by atoms with E-state index in [1.165, 1.54) is 6.42 Å². The molecule has 0 radical (unpaired) electrons. The summed E-state index contributed by atoms with van der Waals surface area (Å²) in [6, 6.07) is 0. The number of aromatic nitrogens is 1. The first-order valence-electron chi connectivity index (χ1n) is 6.02. The van der Waals surface area contributed by atoms with E-state index in [0.29, 0.717) is 25.4 Å². The van der Waals surface area contributed by atoms with Crippen molar-refractivity contribution >= 4 is 5.91 Å². The van der Waals surface area contributed by atoms with Gasteiger partial charge in [-0.25, -0.2) is 4.98 Å². The molecule has 0 aromatic carbocycles. The lowest BCUT2D eigenvalue weighted by atomic mass is 9.66. The Bertz CT molecular complexity index is 391. The van der Waals surface area contributed by atoms with Gasteiger partial charge in [0.2, 0.25) is 11.8 Å². The highest BCUT2D eigenvalue weighted by atomic mass is 16.4. The minimum atomic E-state index is 0.0333. The van der Waals surface area contributed by atoms with Gasteiger partial charge in [-0.1, -0.05) is 6.42 Å². The fourth-order valence-electron chi connectivity index (χ4n) is 2.19. The zero-order chi connectivity index (χ0) is 12.3. The normalized spacial score (nSPS) is 17.5. The van der Waals surface area contributed by atoms with Gasteiger partial charge in [-0.3, -0.25) is 4.79 Å². The molecule has 1 aromatic heterocycles. The summed E-state index contributed by atoms with van der Waals surface area (Å²) in [6.45, 7) is 2.78. The number of oxazole rings is 1. The average molecular weight is 237 g/mol. The Kier molecular flexibility index (Phi) is 3.47. The lowest BCUT2D eigenvalue weighted by molar-refractivity contribution is -0.125. The standard InChI is InChI=1S/C12H19N3O2/c1-9-6-15-11(17-9)7-14-10(16)5-12(8-13)3-2-4-12/h6H,2-5,7-8,13H2,1H3,(H,14,16). The summed E-state index contributed by atoms with van der Waals surface area (Å²) in [6.07, 6.45) is 5.48. The number of hydrogen-bond donors (Lipinski definition) is 2. The van der Waals surface area contributed by atoms with Gasteiger partial charge >= 0.3 is 0 Å². The number of nitrogens with two attached hydrogens (primary N) is 1. The van der Waals surface area contributed by atoms with Crippen molar-refractivity contribution in [1.82, 2.24) is 10.3 Å². The lowest BCUT2D eigenvalue weighted by Crippen LogP contribution is -2.41. The van der Waals surface area contributed by atoms with Crippen molar-refractivity contribution < 1.29 is 9.21 Å². The van der Waals surface area contributed by atoms with Crippen molar-refractivity contribution in [2.45, 2.75) is 39.2 Å². The van der Waals surface area contributed by atoms with E-state index < -0.39 is 0 Å². The molecule has 5 heteroatoms. The zero-order valence-electron chi connectivity index (χ0n) is 10.2. The number of carbonyl (C=O) groups is 1. The number of rotatable bonds is 5. The van der Waals surface area contributed by atoms with Crippen molar-refractivity contribution in [2.75, 3.05) is 6.54 Å². The molecule has 94 valence electrons. The molecule has 17 heavy (non-hydrogen) atoms. The van der Waals surface area contributed by atoms with Gasteiger partial charge in [0, 0.05) is 6.42 Å². The molecular formula is C12H19N3O2. The monoisotopic (exact) mass is 237 g/mol. The Morgan fingerprint density at radius 3 is 2.88 bits per heavy atom. The fraction of sp³-hybridized carbons (Fsp3) is 0.667. The predicted octanol–water partition coefficient (Wildman–Crippen LogP) is 1.12. The number of nitrogens with zero attached hydrogens (tertiary/aromatic N) is 1. The van der Waals surface area contributed by atoms with Crippen LogP contribution in [0.5, 0.6) is 0 Å². The minimum Gasteiger partial charge on any atom is -0.444 e. The molecule has 3 N–H and O–H groups in total. The largest absolute Gasteiger partial charge is 0.444 e. The second-order valence-electron chi connectivity index (χ2n) is 4.88. The lowest BCUT2D eigenvalue weighted by Gasteiger charge is -2.40. The minimum absolute atomic E-state index is 0.0333. The van der Waals surface area contributed by atoms with Crippen LogP contribution in [0.25, 0.3) is 0 Å². The molecular weight excluding hydrogens is 218 g/mol. The molecule has 0 aliphatic heterocycles. The van der Waals surface area contributed by atoms with Crippen molar-refractivity contribution in [3.63, 3.8) is 0 Å².